The summed E-state index contributed by atoms with van der Waals surface area (Å²) in [6.07, 6.45) is 0.237. The first-order valence-corrected chi connectivity index (χ1v) is 3.97. The predicted molar refractivity (Wildman–Crippen MR) is 37.0 cm³/mol. The highest BCUT2D eigenvalue weighted by molar-refractivity contribution is 5.78. The summed E-state index contributed by atoms with van der Waals surface area (Å²) in [6, 6.07) is 0. The quantitative estimate of drug-likeness (QED) is 0.662. The maximum atomic E-state index is 13.0. The molecule has 4 heteroatoms. The van der Waals surface area contributed by atoms with E-state index in [1.54, 1.807) is 0 Å². The Labute approximate surface area is 68.6 Å². The summed E-state index contributed by atoms with van der Waals surface area (Å²) >= 11 is 0. The molecular weight excluding hydrogens is 166 g/mol. The summed E-state index contributed by atoms with van der Waals surface area (Å²) in [7, 11) is 0. The molecule has 1 unspecified atom stereocenters. The largest absolute Gasteiger partial charge is 0.481 e. The van der Waals surface area contributed by atoms with E-state index in [9.17, 15) is 13.6 Å². The van der Waals surface area contributed by atoms with Crippen molar-refractivity contribution >= 4 is 5.97 Å². The van der Waals surface area contributed by atoms with Gasteiger partial charge in [0, 0.05) is 6.42 Å². The van der Waals surface area contributed by atoms with Crippen LogP contribution in [-0.4, -0.2) is 17.0 Å². The summed E-state index contributed by atoms with van der Waals surface area (Å²) in [5.41, 5.74) is -2.36. The van der Waals surface area contributed by atoms with Crippen LogP contribution in [-0.2, 0) is 4.79 Å². The van der Waals surface area contributed by atoms with Crippen LogP contribution in [0.15, 0.2) is 0 Å². The minimum Gasteiger partial charge on any atom is -0.481 e. The standard InChI is InChI=1S/C8H10F2O2/c1-6(5(11)12)4-8(9,10)7(6)2-3-7/h2-4H2,1H3,(H,11,12). The average Bonchev–Trinajstić information content (AvgIpc) is 2.64. The lowest BCUT2D eigenvalue weighted by atomic mass is 9.55. The average molecular weight is 176 g/mol. The third-order valence-electron chi connectivity index (χ3n) is 3.55. The van der Waals surface area contributed by atoms with Crippen LogP contribution in [0.25, 0.3) is 0 Å². The Kier molecular flexibility index (Phi) is 1.09. The number of carbonyl (C=O) groups is 1. The number of aliphatic carboxylic acids is 1. The molecule has 0 saturated heterocycles. The van der Waals surface area contributed by atoms with Crippen molar-refractivity contribution in [1.29, 1.82) is 0 Å². The molecular formula is C8H10F2O2. The van der Waals surface area contributed by atoms with Crippen molar-refractivity contribution in [3.63, 3.8) is 0 Å². The van der Waals surface area contributed by atoms with Crippen LogP contribution < -0.4 is 0 Å². The smallest absolute Gasteiger partial charge is 0.310 e. The van der Waals surface area contributed by atoms with E-state index in [4.69, 9.17) is 5.11 Å². The molecule has 0 amide bonds. The third kappa shape index (κ3) is 0.549. The molecule has 1 atom stereocenters. The van der Waals surface area contributed by atoms with Gasteiger partial charge in [0.15, 0.2) is 0 Å². The lowest BCUT2D eigenvalue weighted by Gasteiger charge is -2.51. The summed E-state index contributed by atoms with van der Waals surface area (Å²) in [5.74, 6) is -3.81. The third-order valence-corrected chi connectivity index (χ3v) is 3.55. The van der Waals surface area contributed by atoms with Crippen molar-refractivity contribution in [3.8, 4) is 0 Å². The molecule has 0 aromatic carbocycles. The number of carboxylic acid groups (broad SMARTS) is 1. The molecule has 0 bridgehead atoms. The molecule has 2 nitrogen and oxygen atoms in total. The number of rotatable bonds is 1. The van der Waals surface area contributed by atoms with E-state index in [0.717, 1.165) is 0 Å². The van der Waals surface area contributed by atoms with Crippen LogP contribution in [0.4, 0.5) is 8.78 Å². The van der Waals surface area contributed by atoms with Crippen LogP contribution in [0.2, 0.25) is 0 Å². The Bertz CT molecular complexity index is 258. The Balaban J connectivity index is 2.31. The molecule has 2 fully saturated rings. The molecule has 12 heavy (non-hydrogen) atoms. The van der Waals surface area contributed by atoms with Gasteiger partial charge in [0.05, 0.1) is 10.8 Å². The molecule has 68 valence electrons. The van der Waals surface area contributed by atoms with Crippen molar-refractivity contribution in [2.75, 3.05) is 0 Å². The second kappa shape index (κ2) is 1.65. The van der Waals surface area contributed by atoms with E-state index in [1.807, 2.05) is 0 Å². The van der Waals surface area contributed by atoms with Crippen LogP contribution in [0.1, 0.15) is 26.2 Å². The molecule has 2 saturated carbocycles. The zero-order chi connectivity index (χ0) is 9.20. The lowest BCUT2D eigenvalue weighted by molar-refractivity contribution is -0.243. The first kappa shape index (κ1) is 7.95. The maximum absolute atomic E-state index is 13.0. The van der Waals surface area contributed by atoms with Gasteiger partial charge in [-0.15, -0.1) is 0 Å². The van der Waals surface area contributed by atoms with Gasteiger partial charge in [-0.2, -0.15) is 0 Å². The Hall–Kier alpha value is -0.670. The van der Waals surface area contributed by atoms with Gasteiger partial charge in [0.25, 0.3) is 5.92 Å². The zero-order valence-electron chi connectivity index (χ0n) is 6.73. The maximum Gasteiger partial charge on any atom is 0.310 e. The fourth-order valence-corrected chi connectivity index (χ4v) is 2.40. The van der Waals surface area contributed by atoms with Crippen molar-refractivity contribution in [2.45, 2.75) is 32.1 Å². The van der Waals surface area contributed by atoms with Crippen LogP contribution in [0.3, 0.4) is 0 Å². The molecule has 2 aliphatic rings. The Morgan fingerprint density at radius 2 is 1.92 bits per heavy atom. The number of hydrogen-bond acceptors (Lipinski definition) is 1. The van der Waals surface area contributed by atoms with Gasteiger partial charge in [-0.25, -0.2) is 8.78 Å². The molecule has 2 aliphatic carbocycles. The fraction of sp³-hybridized carbons (Fsp3) is 0.875. The summed E-state index contributed by atoms with van der Waals surface area (Å²) in [6.45, 7) is 1.43. The molecule has 0 aliphatic heterocycles. The number of alkyl halides is 2. The van der Waals surface area contributed by atoms with E-state index in [-0.39, 0.29) is 0 Å². The van der Waals surface area contributed by atoms with Gasteiger partial charge in [-0.05, 0) is 19.8 Å². The molecule has 0 radical (unpaired) electrons. The van der Waals surface area contributed by atoms with Gasteiger partial charge in [0.1, 0.15) is 0 Å². The summed E-state index contributed by atoms with van der Waals surface area (Å²) < 4.78 is 25.9. The Morgan fingerprint density at radius 3 is 2.08 bits per heavy atom. The highest BCUT2D eigenvalue weighted by Crippen LogP contribution is 2.78. The van der Waals surface area contributed by atoms with E-state index >= 15 is 0 Å². The summed E-state index contributed by atoms with van der Waals surface area (Å²) in [5, 5.41) is 8.77. The van der Waals surface area contributed by atoms with E-state index in [0.29, 0.717) is 12.8 Å². The van der Waals surface area contributed by atoms with Gasteiger partial charge >= 0.3 is 5.97 Å². The second-order valence-electron chi connectivity index (χ2n) is 4.10. The van der Waals surface area contributed by atoms with Crippen LogP contribution in [0.5, 0.6) is 0 Å². The fourth-order valence-electron chi connectivity index (χ4n) is 2.40. The molecule has 0 heterocycles. The normalized spacial score (nSPS) is 40.6. The molecule has 1 N–H and O–H groups in total. The predicted octanol–water partition coefficient (Wildman–Crippen LogP) is 1.90. The van der Waals surface area contributed by atoms with Crippen molar-refractivity contribution in [1.82, 2.24) is 0 Å². The topological polar surface area (TPSA) is 37.3 Å². The molecule has 2 rings (SSSR count). The number of halogens is 2. The van der Waals surface area contributed by atoms with Crippen molar-refractivity contribution < 1.29 is 18.7 Å². The first-order valence-electron chi connectivity index (χ1n) is 3.97. The first-order chi connectivity index (χ1) is 5.36. The van der Waals surface area contributed by atoms with Crippen LogP contribution >= 0.6 is 0 Å². The van der Waals surface area contributed by atoms with Gasteiger partial charge in [-0.3, -0.25) is 4.79 Å². The van der Waals surface area contributed by atoms with Crippen LogP contribution in [0, 0.1) is 10.8 Å². The second-order valence-corrected chi connectivity index (χ2v) is 4.10. The van der Waals surface area contributed by atoms with E-state index in [2.05, 4.69) is 0 Å². The number of carboxylic acids is 1. The highest BCUT2D eigenvalue weighted by Gasteiger charge is 2.82. The van der Waals surface area contributed by atoms with Crippen molar-refractivity contribution in [2.24, 2.45) is 10.8 Å². The van der Waals surface area contributed by atoms with Gasteiger partial charge < -0.3 is 5.11 Å². The lowest BCUT2D eigenvalue weighted by Crippen LogP contribution is -2.60. The van der Waals surface area contributed by atoms with E-state index < -0.39 is 29.1 Å². The van der Waals surface area contributed by atoms with Crippen molar-refractivity contribution in [3.05, 3.63) is 0 Å². The summed E-state index contributed by atoms with van der Waals surface area (Å²) in [4.78, 5) is 10.7. The van der Waals surface area contributed by atoms with Gasteiger partial charge in [-0.1, -0.05) is 0 Å². The monoisotopic (exact) mass is 176 g/mol. The minimum atomic E-state index is -2.74. The molecule has 0 aromatic heterocycles. The SMILES string of the molecule is CC1(C(=O)O)CC(F)(F)C12CC2. The minimum absolute atomic E-state index is 0.364. The molecule has 1 spiro atoms. The molecule has 0 aromatic rings. The zero-order valence-corrected chi connectivity index (χ0v) is 6.73. The highest BCUT2D eigenvalue weighted by atomic mass is 19.3. The number of hydrogen-bond donors (Lipinski definition) is 1. The van der Waals surface area contributed by atoms with E-state index in [1.165, 1.54) is 6.92 Å². The Morgan fingerprint density at radius 1 is 1.42 bits per heavy atom. The van der Waals surface area contributed by atoms with Gasteiger partial charge in [0.2, 0.25) is 0 Å².